The first kappa shape index (κ1) is 11.3. The Hall–Kier alpha value is -0.170. The number of hydrogen-bond donors (Lipinski definition) is 1. The van der Waals surface area contributed by atoms with Crippen molar-refractivity contribution in [2.24, 2.45) is 0 Å². The van der Waals surface area contributed by atoms with E-state index in [2.05, 4.69) is 31.4 Å². The van der Waals surface area contributed by atoms with E-state index in [0.29, 0.717) is 0 Å². The highest BCUT2D eigenvalue weighted by Crippen LogP contribution is 2.32. The lowest BCUT2D eigenvalue weighted by atomic mass is 10.5. The first-order valence-electron chi connectivity index (χ1n) is 4.13. The van der Waals surface area contributed by atoms with Gasteiger partial charge in [0, 0.05) is 9.35 Å². The molecular formula is C8H7BrClN3S2. The Morgan fingerprint density at radius 2 is 2.27 bits per heavy atom. The van der Waals surface area contributed by atoms with Crippen LogP contribution in [0, 0.1) is 6.92 Å². The molecule has 0 amide bonds. The molecule has 0 saturated heterocycles. The van der Waals surface area contributed by atoms with Gasteiger partial charge in [0.15, 0.2) is 0 Å². The summed E-state index contributed by atoms with van der Waals surface area (Å²) in [5.74, 6) is 0. The molecule has 2 heterocycles. The fourth-order valence-corrected chi connectivity index (χ4v) is 3.33. The average molecular weight is 325 g/mol. The van der Waals surface area contributed by atoms with Crippen LogP contribution in [0.25, 0.3) is 0 Å². The summed E-state index contributed by atoms with van der Waals surface area (Å²) in [5.41, 5.74) is 0. The number of rotatable bonds is 3. The van der Waals surface area contributed by atoms with E-state index in [0.717, 1.165) is 25.5 Å². The Balaban J connectivity index is 1.99. The topological polar surface area (TPSA) is 37.8 Å². The molecule has 0 saturated carbocycles. The number of nitrogens with zero attached hydrogens (tertiary/aromatic N) is 2. The largest absolute Gasteiger partial charge is 0.355 e. The van der Waals surface area contributed by atoms with Gasteiger partial charge in [0.05, 0.1) is 6.54 Å². The molecule has 15 heavy (non-hydrogen) atoms. The van der Waals surface area contributed by atoms with Crippen molar-refractivity contribution < 1.29 is 0 Å². The highest BCUT2D eigenvalue weighted by molar-refractivity contribution is 9.10. The lowest BCUT2D eigenvalue weighted by Crippen LogP contribution is -1.96. The molecule has 80 valence electrons. The number of anilines is 1. The van der Waals surface area contributed by atoms with Gasteiger partial charge in [-0.1, -0.05) is 22.9 Å². The van der Waals surface area contributed by atoms with Gasteiger partial charge >= 0.3 is 0 Å². The van der Waals surface area contributed by atoms with Crippen LogP contribution in [-0.4, -0.2) is 10.2 Å². The van der Waals surface area contributed by atoms with Gasteiger partial charge in [-0.05, 0) is 28.9 Å². The van der Waals surface area contributed by atoms with Gasteiger partial charge in [-0.2, -0.15) is 0 Å². The van der Waals surface area contributed by atoms with Crippen LogP contribution in [0.3, 0.4) is 0 Å². The third-order valence-electron chi connectivity index (χ3n) is 1.64. The zero-order chi connectivity index (χ0) is 10.8. The smallest absolute Gasteiger partial charge is 0.205 e. The van der Waals surface area contributed by atoms with E-state index in [1.165, 1.54) is 4.88 Å². The number of nitrogens with one attached hydrogen (secondary N) is 1. The first-order valence-corrected chi connectivity index (χ1v) is 6.93. The minimum Gasteiger partial charge on any atom is -0.355 e. The van der Waals surface area contributed by atoms with E-state index in [1.807, 2.05) is 13.0 Å². The third-order valence-corrected chi connectivity index (χ3v) is 4.91. The Morgan fingerprint density at radius 3 is 2.80 bits per heavy atom. The van der Waals surface area contributed by atoms with Gasteiger partial charge in [0.1, 0.15) is 9.34 Å². The van der Waals surface area contributed by atoms with Gasteiger partial charge in [-0.3, -0.25) is 0 Å². The second kappa shape index (κ2) is 4.78. The quantitative estimate of drug-likeness (QED) is 0.929. The maximum atomic E-state index is 5.93. The van der Waals surface area contributed by atoms with Crippen LogP contribution in [0.15, 0.2) is 10.5 Å². The number of hydrogen-bond acceptors (Lipinski definition) is 5. The Bertz CT molecular complexity index is 449. The molecular weight excluding hydrogens is 318 g/mol. The van der Waals surface area contributed by atoms with Crippen molar-refractivity contribution in [3.8, 4) is 0 Å². The first-order chi connectivity index (χ1) is 7.15. The molecule has 7 heteroatoms. The van der Waals surface area contributed by atoms with Crippen LogP contribution in [-0.2, 0) is 6.54 Å². The summed E-state index contributed by atoms with van der Waals surface area (Å²) in [7, 11) is 0. The van der Waals surface area contributed by atoms with Gasteiger partial charge < -0.3 is 5.32 Å². The van der Waals surface area contributed by atoms with E-state index in [-0.39, 0.29) is 0 Å². The van der Waals surface area contributed by atoms with E-state index in [4.69, 9.17) is 11.6 Å². The van der Waals surface area contributed by atoms with Gasteiger partial charge in [0.2, 0.25) is 5.13 Å². The summed E-state index contributed by atoms with van der Waals surface area (Å²) in [4.78, 5) is 1.17. The number of thiophene rings is 1. The van der Waals surface area contributed by atoms with Crippen molar-refractivity contribution in [2.75, 3.05) is 5.32 Å². The molecule has 0 aliphatic heterocycles. The summed E-state index contributed by atoms with van der Waals surface area (Å²) in [5, 5.41) is 12.9. The molecule has 0 atom stereocenters. The average Bonchev–Trinajstić information content (AvgIpc) is 2.72. The molecule has 0 spiro atoms. The van der Waals surface area contributed by atoms with Crippen molar-refractivity contribution in [3.63, 3.8) is 0 Å². The zero-order valence-corrected chi connectivity index (χ0v) is 11.7. The van der Waals surface area contributed by atoms with Crippen LogP contribution >= 0.6 is 50.2 Å². The predicted octanol–water partition coefficient (Wildman–Crippen LogP) is 3.94. The van der Waals surface area contributed by atoms with Crippen LogP contribution in [0.2, 0.25) is 4.34 Å². The fraction of sp³-hybridized carbons (Fsp3) is 0.250. The number of aryl methyl sites for hydroxylation is 1. The minimum atomic E-state index is 0.727. The Labute approximate surface area is 109 Å². The van der Waals surface area contributed by atoms with Crippen LogP contribution < -0.4 is 5.32 Å². The van der Waals surface area contributed by atoms with Crippen molar-refractivity contribution in [2.45, 2.75) is 13.5 Å². The molecule has 0 fully saturated rings. The van der Waals surface area contributed by atoms with Crippen LogP contribution in [0.1, 0.15) is 9.88 Å². The predicted molar refractivity (Wildman–Crippen MR) is 69.0 cm³/mol. The molecule has 0 unspecified atom stereocenters. The van der Waals surface area contributed by atoms with E-state index >= 15 is 0 Å². The Morgan fingerprint density at radius 1 is 1.47 bits per heavy atom. The van der Waals surface area contributed by atoms with Crippen LogP contribution in [0.5, 0.6) is 0 Å². The van der Waals surface area contributed by atoms with Crippen molar-refractivity contribution in [1.29, 1.82) is 0 Å². The molecule has 0 aliphatic carbocycles. The molecule has 0 bridgehead atoms. The number of halogens is 2. The molecule has 2 aromatic heterocycles. The standard InChI is InChI=1S/C8H7BrClN3S2/c1-4-12-13-8(14-4)11-3-5-2-6(9)7(10)15-5/h2H,3H2,1H3,(H,11,13). The van der Waals surface area contributed by atoms with E-state index < -0.39 is 0 Å². The van der Waals surface area contributed by atoms with Gasteiger partial charge in [-0.15, -0.1) is 21.5 Å². The lowest BCUT2D eigenvalue weighted by Gasteiger charge is -1.97. The summed E-state index contributed by atoms with van der Waals surface area (Å²) < 4.78 is 1.72. The van der Waals surface area contributed by atoms with E-state index in [9.17, 15) is 0 Å². The van der Waals surface area contributed by atoms with Gasteiger partial charge in [-0.25, -0.2) is 0 Å². The highest BCUT2D eigenvalue weighted by atomic mass is 79.9. The second-order valence-electron chi connectivity index (χ2n) is 2.81. The molecule has 0 aliphatic rings. The summed E-state index contributed by atoms with van der Waals surface area (Å²) in [6.45, 7) is 2.66. The highest BCUT2D eigenvalue weighted by Gasteiger charge is 2.05. The van der Waals surface area contributed by atoms with Crippen molar-refractivity contribution in [3.05, 3.63) is 24.8 Å². The summed E-state index contributed by atoms with van der Waals surface area (Å²) in [6, 6.07) is 2.01. The second-order valence-corrected chi connectivity index (χ2v) is 6.59. The molecule has 0 aromatic carbocycles. The molecule has 0 radical (unpaired) electrons. The third kappa shape index (κ3) is 2.90. The van der Waals surface area contributed by atoms with Gasteiger partial charge in [0.25, 0.3) is 0 Å². The lowest BCUT2D eigenvalue weighted by molar-refractivity contribution is 1.03. The SMILES string of the molecule is Cc1nnc(NCc2cc(Br)c(Cl)s2)s1. The van der Waals surface area contributed by atoms with Crippen molar-refractivity contribution >= 4 is 55.3 Å². The monoisotopic (exact) mass is 323 g/mol. The number of aromatic nitrogens is 2. The van der Waals surface area contributed by atoms with Crippen LogP contribution in [0.4, 0.5) is 5.13 Å². The summed E-state index contributed by atoms with van der Waals surface area (Å²) >= 11 is 12.4. The maximum Gasteiger partial charge on any atom is 0.205 e. The molecule has 2 rings (SSSR count). The normalized spacial score (nSPS) is 10.6. The van der Waals surface area contributed by atoms with E-state index in [1.54, 1.807) is 22.7 Å². The van der Waals surface area contributed by atoms with Crippen molar-refractivity contribution in [1.82, 2.24) is 10.2 Å². The minimum absolute atomic E-state index is 0.727. The molecule has 3 nitrogen and oxygen atoms in total. The molecule has 2 aromatic rings. The summed E-state index contributed by atoms with van der Waals surface area (Å²) in [6.07, 6.45) is 0. The maximum absolute atomic E-state index is 5.93. The fourth-order valence-electron chi connectivity index (χ4n) is 1.01. The Kier molecular flexibility index (Phi) is 3.60. The molecule has 1 N–H and O–H groups in total. The zero-order valence-electron chi connectivity index (χ0n) is 7.75.